The van der Waals surface area contributed by atoms with Crippen LogP contribution in [0.25, 0.3) is 0 Å². The molecule has 21 heavy (non-hydrogen) atoms. The number of rotatable bonds is 5. The Morgan fingerprint density at radius 2 is 1.86 bits per heavy atom. The molecule has 5 nitrogen and oxygen atoms in total. The summed E-state index contributed by atoms with van der Waals surface area (Å²) in [5.41, 5.74) is 14.2. The quantitative estimate of drug-likeness (QED) is 0.440. The number of nitrogens with two attached hydrogens (primary N) is 2. The van der Waals surface area contributed by atoms with Crippen LogP contribution in [0, 0.1) is 5.41 Å². The second-order valence-corrected chi connectivity index (χ2v) is 4.81. The Kier molecular flexibility index (Phi) is 4.77. The smallest absolute Gasteiger partial charge is 0.144 e. The summed E-state index contributed by atoms with van der Waals surface area (Å²) >= 11 is 0. The molecule has 0 amide bonds. The molecule has 5 heteroatoms. The minimum absolute atomic E-state index is 0.271. The zero-order valence-electron chi connectivity index (χ0n) is 12.1. The molecule has 0 unspecified atom stereocenters. The number of hydrogen-bond acceptors (Lipinski definition) is 5. The van der Waals surface area contributed by atoms with Gasteiger partial charge in [0.2, 0.25) is 0 Å². The van der Waals surface area contributed by atoms with Crippen LogP contribution in [-0.4, -0.2) is 18.0 Å². The first kappa shape index (κ1) is 14.8. The van der Waals surface area contributed by atoms with Crippen LogP contribution in [0.2, 0.25) is 0 Å². The molecule has 1 aliphatic rings. The summed E-state index contributed by atoms with van der Waals surface area (Å²) in [6, 6.07) is 7.17. The zero-order chi connectivity index (χ0) is 15.2. The van der Waals surface area contributed by atoms with E-state index in [0.29, 0.717) is 29.5 Å². The predicted octanol–water partition coefficient (Wildman–Crippen LogP) is 2.92. The highest BCUT2D eigenvalue weighted by Crippen LogP contribution is 2.19. The van der Waals surface area contributed by atoms with Crippen LogP contribution in [0.1, 0.15) is 19.8 Å². The maximum atomic E-state index is 7.96. The highest BCUT2D eigenvalue weighted by atomic mass is 16.5. The van der Waals surface area contributed by atoms with E-state index in [1.807, 2.05) is 12.1 Å². The summed E-state index contributed by atoms with van der Waals surface area (Å²) in [6.07, 6.45) is 5.30. The van der Waals surface area contributed by atoms with Gasteiger partial charge in [-0.1, -0.05) is 13.3 Å². The molecule has 2 rings (SSSR count). The van der Waals surface area contributed by atoms with Gasteiger partial charge in [-0.15, -0.1) is 0 Å². The SMILES string of the molecule is CCCCOC1=CC(=Nc2ccc(N)cc2)C(=N)C=C1N. The topological polar surface area (TPSA) is 97.5 Å². The molecule has 0 atom stereocenters. The van der Waals surface area contributed by atoms with Gasteiger partial charge >= 0.3 is 0 Å². The van der Waals surface area contributed by atoms with Crippen LogP contribution >= 0.6 is 0 Å². The largest absolute Gasteiger partial charge is 0.491 e. The summed E-state index contributed by atoms with van der Waals surface area (Å²) in [5.74, 6) is 0.577. The lowest BCUT2D eigenvalue weighted by Gasteiger charge is -2.15. The molecule has 1 aromatic rings. The van der Waals surface area contributed by atoms with E-state index in [-0.39, 0.29) is 5.71 Å². The number of allylic oxidation sites excluding steroid dienone is 2. The van der Waals surface area contributed by atoms with Gasteiger partial charge < -0.3 is 16.2 Å². The third-order valence-electron chi connectivity index (χ3n) is 3.03. The number of ether oxygens (including phenoxy) is 1. The lowest BCUT2D eigenvalue weighted by atomic mass is 10.1. The van der Waals surface area contributed by atoms with Gasteiger partial charge in [-0.25, -0.2) is 4.99 Å². The number of nitrogens with one attached hydrogen (secondary N) is 1. The number of unbranched alkanes of at least 4 members (excludes halogenated alkanes) is 1. The molecule has 0 aromatic heterocycles. The van der Waals surface area contributed by atoms with Gasteiger partial charge in [0.1, 0.15) is 5.76 Å². The molecule has 0 fully saturated rings. The first-order valence-corrected chi connectivity index (χ1v) is 6.95. The molecular formula is C16H20N4O. The van der Waals surface area contributed by atoms with Crippen molar-refractivity contribution < 1.29 is 4.74 Å². The van der Waals surface area contributed by atoms with Crippen molar-refractivity contribution in [1.82, 2.24) is 0 Å². The zero-order valence-corrected chi connectivity index (χ0v) is 12.1. The average Bonchev–Trinajstić information content (AvgIpc) is 2.46. The van der Waals surface area contributed by atoms with E-state index >= 15 is 0 Å². The summed E-state index contributed by atoms with van der Waals surface area (Å²) < 4.78 is 5.64. The molecule has 5 N–H and O–H groups in total. The number of aliphatic imine (C=N–C) groups is 1. The molecule has 0 heterocycles. The first-order valence-electron chi connectivity index (χ1n) is 6.95. The van der Waals surface area contributed by atoms with Gasteiger partial charge in [0.25, 0.3) is 0 Å². The van der Waals surface area contributed by atoms with Crippen LogP contribution in [0.3, 0.4) is 0 Å². The van der Waals surface area contributed by atoms with E-state index in [4.69, 9.17) is 21.6 Å². The lowest BCUT2D eigenvalue weighted by molar-refractivity contribution is 0.215. The predicted molar refractivity (Wildman–Crippen MR) is 86.9 cm³/mol. The maximum Gasteiger partial charge on any atom is 0.144 e. The normalized spacial score (nSPS) is 16.6. The second kappa shape index (κ2) is 6.74. The fraction of sp³-hybridized carbons (Fsp3) is 0.250. The highest BCUT2D eigenvalue weighted by molar-refractivity contribution is 6.50. The Morgan fingerprint density at radius 3 is 2.52 bits per heavy atom. The molecule has 1 aromatic carbocycles. The molecule has 0 saturated carbocycles. The fourth-order valence-corrected chi connectivity index (χ4v) is 1.82. The lowest BCUT2D eigenvalue weighted by Crippen LogP contribution is -2.19. The van der Waals surface area contributed by atoms with Crippen LogP contribution in [0.4, 0.5) is 11.4 Å². The Bertz CT molecular complexity index is 612. The van der Waals surface area contributed by atoms with E-state index in [9.17, 15) is 0 Å². The van der Waals surface area contributed by atoms with Gasteiger partial charge in [0.05, 0.1) is 29.4 Å². The van der Waals surface area contributed by atoms with Crippen LogP contribution in [0.5, 0.6) is 0 Å². The number of anilines is 1. The van der Waals surface area contributed by atoms with Crippen molar-refractivity contribution in [3.63, 3.8) is 0 Å². The Balaban J connectivity index is 2.21. The summed E-state index contributed by atoms with van der Waals surface area (Å²) in [6.45, 7) is 2.71. The van der Waals surface area contributed by atoms with Crippen molar-refractivity contribution in [2.24, 2.45) is 10.7 Å². The van der Waals surface area contributed by atoms with E-state index in [1.165, 1.54) is 0 Å². The summed E-state index contributed by atoms with van der Waals surface area (Å²) in [4.78, 5) is 4.43. The minimum Gasteiger partial charge on any atom is -0.491 e. The maximum absolute atomic E-state index is 7.96. The number of hydrogen-bond donors (Lipinski definition) is 3. The van der Waals surface area contributed by atoms with E-state index in [2.05, 4.69) is 11.9 Å². The number of nitrogens with zero attached hydrogens (tertiary/aromatic N) is 1. The standard InChI is InChI=1S/C16H20N4O/c1-2-3-8-21-16-10-15(13(18)9-14(16)19)20-12-6-4-11(17)5-7-12/h4-7,9-10,18H,2-3,8,17,19H2,1H3. The second-order valence-electron chi connectivity index (χ2n) is 4.81. The average molecular weight is 284 g/mol. The third-order valence-corrected chi connectivity index (χ3v) is 3.03. The Hall–Kier alpha value is -2.56. The van der Waals surface area contributed by atoms with Gasteiger partial charge in [-0.3, -0.25) is 5.41 Å². The molecule has 110 valence electrons. The number of benzene rings is 1. The monoisotopic (exact) mass is 284 g/mol. The molecule has 0 aliphatic heterocycles. The van der Waals surface area contributed by atoms with Crippen LogP contribution < -0.4 is 11.5 Å². The van der Waals surface area contributed by atoms with Crippen molar-refractivity contribution >= 4 is 22.8 Å². The molecule has 1 aliphatic carbocycles. The first-order chi connectivity index (χ1) is 10.1. The van der Waals surface area contributed by atoms with Crippen molar-refractivity contribution in [2.45, 2.75) is 19.8 Å². The van der Waals surface area contributed by atoms with Gasteiger partial charge in [-0.05, 0) is 36.8 Å². The van der Waals surface area contributed by atoms with Gasteiger partial charge in [0.15, 0.2) is 0 Å². The van der Waals surface area contributed by atoms with Gasteiger partial charge in [0, 0.05) is 11.8 Å². The molecular weight excluding hydrogens is 264 g/mol. The van der Waals surface area contributed by atoms with Crippen LogP contribution in [0.15, 0.2) is 52.9 Å². The van der Waals surface area contributed by atoms with Gasteiger partial charge in [-0.2, -0.15) is 0 Å². The molecule has 0 spiro atoms. The minimum atomic E-state index is 0.271. The van der Waals surface area contributed by atoms with E-state index < -0.39 is 0 Å². The van der Waals surface area contributed by atoms with Crippen molar-refractivity contribution in [2.75, 3.05) is 12.3 Å². The van der Waals surface area contributed by atoms with Crippen molar-refractivity contribution in [1.29, 1.82) is 5.41 Å². The number of nitrogen functional groups attached to an aromatic ring is 1. The summed E-state index contributed by atoms with van der Waals surface area (Å²) in [7, 11) is 0. The Morgan fingerprint density at radius 1 is 1.14 bits per heavy atom. The molecule has 0 bridgehead atoms. The molecule has 0 radical (unpaired) electrons. The third kappa shape index (κ3) is 3.95. The van der Waals surface area contributed by atoms with Crippen molar-refractivity contribution in [3.05, 3.63) is 47.9 Å². The Labute approximate surface area is 124 Å². The molecule has 0 saturated heterocycles. The summed E-state index contributed by atoms with van der Waals surface area (Å²) in [5, 5.41) is 7.96. The van der Waals surface area contributed by atoms with Crippen molar-refractivity contribution in [3.8, 4) is 0 Å². The van der Waals surface area contributed by atoms with E-state index in [1.54, 1.807) is 24.3 Å². The fourth-order valence-electron chi connectivity index (χ4n) is 1.82. The van der Waals surface area contributed by atoms with E-state index in [0.717, 1.165) is 18.5 Å². The highest BCUT2D eigenvalue weighted by Gasteiger charge is 2.15. The van der Waals surface area contributed by atoms with Crippen LogP contribution in [-0.2, 0) is 4.74 Å².